The number of barbiturate groups is 1. The summed E-state index contributed by atoms with van der Waals surface area (Å²) >= 11 is 0. The predicted molar refractivity (Wildman–Crippen MR) is 187 cm³/mol. The summed E-state index contributed by atoms with van der Waals surface area (Å²) in [6, 6.07) is 18.5. The van der Waals surface area contributed by atoms with Crippen molar-refractivity contribution >= 4 is 57.4 Å². The van der Waals surface area contributed by atoms with Gasteiger partial charge in [-0.15, -0.1) is 0 Å². The average Bonchev–Trinajstić information content (AvgIpc) is 3.70. The second-order valence-electron chi connectivity index (χ2n) is 13.1. The van der Waals surface area contributed by atoms with Crippen molar-refractivity contribution < 1.29 is 14.4 Å². The molecule has 0 bridgehead atoms. The van der Waals surface area contributed by atoms with Crippen molar-refractivity contribution in [3.05, 3.63) is 123 Å². The standard InChI is InChI=1S/C40H36N4O3/c1-23-15-16-25-11-8-14-31-36(25)33(23)32(42(31)3)22-20-27-18-17-26(34(27)37-38(45)43(4)40(47)44(5)39(37)46)19-21-29-28-12-6-9-24-10-7-13-30(35(24)28)41(29)2/h6-16,19-23,33H,17-18H2,1-5H3/b26-19-,27-20-,29-21-,32-22-. The molecule has 4 amide bonds. The number of carbonyl (C=O) groups excluding carboxylic acids is 3. The van der Waals surface area contributed by atoms with E-state index in [1.165, 1.54) is 47.4 Å². The number of nitrogens with zero attached hydrogens (tertiary/aromatic N) is 4. The van der Waals surface area contributed by atoms with Crippen LogP contribution in [0.3, 0.4) is 0 Å². The normalized spacial score (nSPS) is 24.2. The number of urea groups is 1. The molecule has 2 atom stereocenters. The summed E-state index contributed by atoms with van der Waals surface area (Å²) in [4.78, 5) is 44.4. The molecule has 2 fully saturated rings. The molecule has 2 unspecified atom stereocenters. The van der Waals surface area contributed by atoms with E-state index in [0.29, 0.717) is 24.3 Å². The topological polar surface area (TPSA) is 65.9 Å². The van der Waals surface area contributed by atoms with Crippen LogP contribution in [0, 0.1) is 5.92 Å². The Labute approximate surface area is 273 Å². The van der Waals surface area contributed by atoms with Crippen molar-refractivity contribution in [2.75, 3.05) is 26.0 Å². The minimum absolute atomic E-state index is 0.0471. The van der Waals surface area contributed by atoms with Crippen molar-refractivity contribution in [2.45, 2.75) is 25.7 Å². The molecule has 47 heavy (non-hydrogen) atoms. The Kier molecular flexibility index (Phi) is 6.51. The van der Waals surface area contributed by atoms with Gasteiger partial charge in [-0.3, -0.25) is 19.4 Å². The highest BCUT2D eigenvalue weighted by molar-refractivity contribution is 6.29. The van der Waals surface area contributed by atoms with Gasteiger partial charge >= 0.3 is 6.03 Å². The number of likely N-dealkylation sites (N-methyl/N-ethyl adjacent to an activating group) is 3. The fraction of sp³-hybridized carbons (Fsp3) is 0.225. The zero-order valence-corrected chi connectivity index (χ0v) is 27.2. The minimum Gasteiger partial charge on any atom is -0.347 e. The summed E-state index contributed by atoms with van der Waals surface area (Å²) < 4.78 is 2.19. The zero-order chi connectivity index (χ0) is 32.7. The van der Waals surface area contributed by atoms with Gasteiger partial charge in [-0.05, 0) is 76.3 Å². The lowest BCUT2D eigenvalue weighted by Gasteiger charge is -2.30. The van der Waals surface area contributed by atoms with Crippen molar-refractivity contribution in [2.24, 2.45) is 13.0 Å². The first-order chi connectivity index (χ1) is 22.7. The third kappa shape index (κ3) is 4.15. The molecule has 0 N–H and O–H groups in total. The van der Waals surface area contributed by atoms with Crippen molar-refractivity contribution in [3.63, 3.8) is 0 Å². The molecule has 7 nitrogen and oxygen atoms in total. The summed E-state index contributed by atoms with van der Waals surface area (Å²) in [6.45, 7) is 2.25. The maximum absolute atomic E-state index is 13.7. The molecule has 1 saturated carbocycles. The Morgan fingerprint density at radius 2 is 1.38 bits per heavy atom. The summed E-state index contributed by atoms with van der Waals surface area (Å²) in [5.74, 6) is -0.583. The molecule has 2 aliphatic carbocycles. The van der Waals surface area contributed by atoms with E-state index in [1.54, 1.807) is 0 Å². The summed E-state index contributed by atoms with van der Waals surface area (Å²) in [5.41, 5.74) is 8.65. The van der Waals surface area contributed by atoms with Gasteiger partial charge in [0.15, 0.2) is 0 Å². The molecule has 3 aromatic carbocycles. The Morgan fingerprint density at radius 3 is 2.11 bits per heavy atom. The maximum Gasteiger partial charge on any atom is 0.333 e. The van der Waals surface area contributed by atoms with Crippen LogP contribution in [-0.4, -0.2) is 53.4 Å². The van der Waals surface area contributed by atoms with Crippen LogP contribution < -0.4 is 10.2 Å². The smallest absolute Gasteiger partial charge is 0.333 e. The SMILES string of the molecule is CC1C=Cc2cccc3c2C1/C(=C/C=C1/CC/C(=C/C=c2/c4cccc5cccc(c54)n2C)C1=C1C(=O)N(C)C(=O)N(C)C1=O)N3C. The fourth-order valence-electron chi connectivity index (χ4n) is 8.07. The lowest BCUT2D eigenvalue weighted by molar-refractivity contribution is -0.134. The second kappa shape index (κ2) is 10.6. The molecular formula is C40H36N4O3. The molecule has 1 saturated heterocycles. The van der Waals surface area contributed by atoms with Gasteiger partial charge in [-0.2, -0.15) is 0 Å². The van der Waals surface area contributed by atoms with Gasteiger partial charge in [-0.25, -0.2) is 4.79 Å². The molecule has 4 aromatic rings. The summed E-state index contributed by atoms with van der Waals surface area (Å²) in [5, 5.41) is 4.61. The van der Waals surface area contributed by atoms with E-state index in [4.69, 9.17) is 0 Å². The number of aryl methyl sites for hydroxylation is 1. The van der Waals surface area contributed by atoms with Gasteiger partial charge in [0.2, 0.25) is 0 Å². The largest absolute Gasteiger partial charge is 0.347 e. The van der Waals surface area contributed by atoms with Gasteiger partial charge in [0.25, 0.3) is 11.8 Å². The number of hydrogen-bond donors (Lipinski definition) is 0. The third-order valence-corrected chi connectivity index (χ3v) is 10.5. The van der Waals surface area contributed by atoms with Crippen molar-refractivity contribution in [1.29, 1.82) is 0 Å². The highest BCUT2D eigenvalue weighted by Crippen LogP contribution is 2.51. The molecule has 1 aromatic heterocycles. The first kappa shape index (κ1) is 29.0. The average molecular weight is 621 g/mol. The molecule has 3 heterocycles. The van der Waals surface area contributed by atoms with Crippen molar-refractivity contribution in [3.8, 4) is 0 Å². The van der Waals surface area contributed by atoms with Crippen LogP contribution in [0.4, 0.5) is 10.5 Å². The number of carbonyl (C=O) groups is 3. The quantitative estimate of drug-likeness (QED) is 0.187. The summed E-state index contributed by atoms with van der Waals surface area (Å²) in [7, 11) is 7.05. The number of imide groups is 2. The number of hydrogen-bond acceptors (Lipinski definition) is 4. The van der Waals surface area contributed by atoms with Gasteiger partial charge in [0.1, 0.15) is 5.57 Å². The van der Waals surface area contributed by atoms with Crippen LogP contribution >= 0.6 is 0 Å². The Balaban J connectivity index is 1.30. The monoisotopic (exact) mass is 620 g/mol. The molecule has 2 aliphatic heterocycles. The second-order valence-corrected chi connectivity index (χ2v) is 13.1. The van der Waals surface area contributed by atoms with E-state index in [0.717, 1.165) is 37.2 Å². The van der Waals surface area contributed by atoms with E-state index in [2.05, 4.69) is 122 Å². The third-order valence-electron chi connectivity index (χ3n) is 10.5. The number of allylic oxidation sites excluding steroid dienone is 8. The van der Waals surface area contributed by atoms with Crippen LogP contribution in [0.5, 0.6) is 0 Å². The lowest BCUT2D eigenvalue weighted by Crippen LogP contribution is -2.53. The number of aromatic nitrogens is 1. The molecular weight excluding hydrogens is 584 g/mol. The van der Waals surface area contributed by atoms with E-state index in [1.807, 2.05) is 0 Å². The van der Waals surface area contributed by atoms with E-state index in [9.17, 15) is 14.4 Å². The van der Waals surface area contributed by atoms with Gasteiger partial charge in [0.05, 0.1) is 0 Å². The number of amides is 4. The Morgan fingerprint density at radius 1 is 0.723 bits per heavy atom. The number of anilines is 1. The Bertz CT molecular complexity index is 2260. The maximum atomic E-state index is 13.7. The number of benzene rings is 3. The zero-order valence-electron chi connectivity index (χ0n) is 27.2. The van der Waals surface area contributed by atoms with E-state index < -0.39 is 17.8 Å². The van der Waals surface area contributed by atoms with Crippen LogP contribution in [-0.2, 0) is 16.6 Å². The minimum atomic E-state index is -0.624. The Hall–Kier alpha value is -5.43. The number of rotatable bonds is 2. The van der Waals surface area contributed by atoms with Crippen LogP contribution in [0.15, 0.2) is 107 Å². The molecule has 4 aliphatic rings. The predicted octanol–water partition coefficient (Wildman–Crippen LogP) is 6.60. The van der Waals surface area contributed by atoms with Crippen LogP contribution in [0.1, 0.15) is 36.8 Å². The van der Waals surface area contributed by atoms with E-state index in [-0.39, 0.29) is 11.5 Å². The fourth-order valence-corrected chi connectivity index (χ4v) is 8.07. The summed E-state index contributed by atoms with van der Waals surface area (Å²) in [6.07, 6.45) is 14.2. The van der Waals surface area contributed by atoms with Gasteiger partial charge in [-0.1, -0.05) is 73.7 Å². The first-order valence-corrected chi connectivity index (χ1v) is 16.1. The first-order valence-electron chi connectivity index (χ1n) is 16.1. The van der Waals surface area contributed by atoms with Crippen LogP contribution in [0.2, 0.25) is 0 Å². The van der Waals surface area contributed by atoms with Gasteiger partial charge < -0.3 is 9.47 Å². The lowest BCUT2D eigenvalue weighted by atomic mass is 9.80. The highest BCUT2D eigenvalue weighted by atomic mass is 16.2. The van der Waals surface area contributed by atoms with Crippen LogP contribution in [0.25, 0.3) is 33.8 Å². The molecule has 0 spiro atoms. The van der Waals surface area contributed by atoms with Gasteiger partial charge in [0, 0.05) is 67.1 Å². The van der Waals surface area contributed by atoms with E-state index >= 15 is 0 Å². The molecule has 7 heteroatoms. The molecule has 8 rings (SSSR count). The molecule has 234 valence electrons. The highest BCUT2D eigenvalue weighted by Gasteiger charge is 2.42. The molecule has 0 radical (unpaired) electrons. The van der Waals surface area contributed by atoms with Crippen molar-refractivity contribution in [1.82, 2.24) is 14.4 Å².